The van der Waals surface area contributed by atoms with Crippen molar-refractivity contribution in [2.75, 3.05) is 23.7 Å². The topological polar surface area (TPSA) is 129 Å². The number of nitrogens with zero attached hydrogens (tertiary/aromatic N) is 6. The maximum absolute atomic E-state index is 13.1. The molecule has 12 heteroatoms. The Morgan fingerprint density at radius 2 is 1.94 bits per heavy atom. The molecule has 9 nitrogen and oxygen atoms in total. The molecule has 5 rings (SSSR count). The lowest BCUT2D eigenvalue weighted by molar-refractivity contribution is 0.175. The summed E-state index contributed by atoms with van der Waals surface area (Å²) >= 11 is 6.41. The molecule has 1 fully saturated rings. The fraction of sp³-hybridized carbons (Fsp3) is 0.458. The lowest BCUT2D eigenvalue weighted by Crippen LogP contribution is -2.50. The van der Waals surface area contributed by atoms with E-state index in [4.69, 9.17) is 17.3 Å². The normalized spacial score (nSPS) is 19.9. The van der Waals surface area contributed by atoms with Gasteiger partial charge in [0.05, 0.1) is 17.3 Å². The average molecular weight is 545 g/mol. The first-order valence-electron chi connectivity index (χ1n) is 11.8. The van der Waals surface area contributed by atoms with Crippen molar-refractivity contribution in [1.29, 1.82) is 0 Å². The van der Waals surface area contributed by atoms with Crippen molar-refractivity contribution in [3.05, 3.63) is 53.1 Å². The van der Waals surface area contributed by atoms with Crippen molar-refractivity contribution in [1.82, 2.24) is 29.9 Å². The van der Waals surface area contributed by atoms with E-state index in [9.17, 15) is 4.55 Å². The van der Waals surface area contributed by atoms with Gasteiger partial charge in [-0.05, 0) is 57.7 Å². The molecule has 0 bridgehead atoms. The zero-order valence-electron chi connectivity index (χ0n) is 20.4. The van der Waals surface area contributed by atoms with Crippen molar-refractivity contribution >= 4 is 46.5 Å². The minimum absolute atomic E-state index is 0.00113. The zero-order chi connectivity index (χ0) is 25.5. The molecular formula is C24H29ClN8OS2. The average Bonchev–Trinajstić information content (AvgIpc) is 3.15. The van der Waals surface area contributed by atoms with E-state index in [1.165, 1.54) is 17.3 Å². The number of pyridine rings is 2. The molecular weight excluding hydrogens is 516 g/mol. The molecule has 3 aromatic heterocycles. The molecule has 4 heterocycles. The SMILES string of the molecule is CC(C)(C)[S@@+]([O-])N[C@@H]1c2cccnc2CC12CCN(c1ncc(Sc3ccnc(N)c3Cl)nn1)CC2. The number of nitrogens with two attached hydrogens (primary N) is 1. The quantitative estimate of drug-likeness (QED) is 0.455. The summed E-state index contributed by atoms with van der Waals surface area (Å²) in [6.07, 6.45) is 7.86. The summed E-state index contributed by atoms with van der Waals surface area (Å²) in [4.78, 5) is 16.1. The van der Waals surface area contributed by atoms with Crippen molar-refractivity contribution in [2.45, 2.75) is 60.7 Å². The fourth-order valence-corrected chi connectivity index (χ4v) is 6.71. The van der Waals surface area contributed by atoms with E-state index in [1.54, 1.807) is 18.5 Å². The third kappa shape index (κ3) is 4.99. The first kappa shape index (κ1) is 25.5. The van der Waals surface area contributed by atoms with Crippen LogP contribution in [0.15, 0.2) is 46.7 Å². The van der Waals surface area contributed by atoms with Crippen LogP contribution in [0.25, 0.3) is 0 Å². The number of piperidine rings is 1. The number of nitrogen functional groups attached to an aromatic ring is 1. The summed E-state index contributed by atoms with van der Waals surface area (Å²) in [5.74, 6) is 0.885. The van der Waals surface area contributed by atoms with Crippen LogP contribution >= 0.6 is 23.4 Å². The highest BCUT2D eigenvalue weighted by Gasteiger charge is 2.51. The Bertz CT molecular complexity index is 1230. The number of hydrogen-bond acceptors (Lipinski definition) is 10. The predicted molar refractivity (Wildman–Crippen MR) is 143 cm³/mol. The van der Waals surface area contributed by atoms with Crippen LogP contribution in [0.2, 0.25) is 5.02 Å². The Kier molecular flexibility index (Phi) is 7.03. The van der Waals surface area contributed by atoms with E-state index in [0.29, 0.717) is 16.0 Å². The minimum Gasteiger partial charge on any atom is -0.598 e. The van der Waals surface area contributed by atoms with E-state index in [1.807, 2.05) is 33.0 Å². The third-order valence-electron chi connectivity index (χ3n) is 6.82. The smallest absolute Gasteiger partial charge is 0.245 e. The highest BCUT2D eigenvalue weighted by atomic mass is 35.5. The zero-order valence-corrected chi connectivity index (χ0v) is 22.8. The van der Waals surface area contributed by atoms with Crippen LogP contribution < -0.4 is 15.4 Å². The Labute approximate surface area is 223 Å². The number of aromatic nitrogens is 5. The van der Waals surface area contributed by atoms with Crippen LogP contribution in [0.3, 0.4) is 0 Å². The van der Waals surface area contributed by atoms with Gasteiger partial charge >= 0.3 is 0 Å². The molecule has 2 atom stereocenters. The summed E-state index contributed by atoms with van der Waals surface area (Å²) in [6, 6.07) is 5.87. The number of halogens is 1. The lowest BCUT2D eigenvalue weighted by atomic mass is 9.73. The monoisotopic (exact) mass is 544 g/mol. The maximum Gasteiger partial charge on any atom is 0.245 e. The molecule has 1 saturated heterocycles. The Morgan fingerprint density at radius 3 is 2.64 bits per heavy atom. The van der Waals surface area contributed by atoms with E-state index < -0.39 is 11.4 Å². The maximum atomic E-state index is 13.1. The molecule has 0 radical (unpaired) electrons. The highest BCUT2D eigenvalue weighted by Crippen LogP contribution is 2.52. The van der Waals surface area contributed by atoms with Gasteiger partial charge in [-0.25, -0.2) is 9.97 Å². The van der Waals surface area contributed by atoms with E-state index >= 15 is 0 Å². The van der Waals surface area contributed by atoms with Gasteiger partial charge in [0.25, 0.3) is 0 Å². The van der Waals surface area contributed by atoms with Crippen LogP contribution in [0.4, 0.5) is 11.8 Å². The van der Waals surface area contributed by atoms with Gasteiger partial charge in [-0.2, -0.15) is 0 Å². The molecule has 190 valence electrons. The van der Waals surface area contributed by atoms with Gasteiger partial charge in [0.15, 0.2) is 0 Å². The van der Waals surface area contributed by atoms with Gasteiger partial charge in [0.2, 0.25) is 5.95 Å². The summed E-state index contributed by atoms with van der Waals surface area (Å²) in [6.45, 7) is 7.56. The fourth-order valence-electron chi connectivity index (χ4n) is 4.80. The first-order chi connectivity index (χ1) is 17.2. The molecule has 1 aliphatic carbocycles. The van der Waals surface area contributed by atoms with Crippen LogP contribution in [0.1, 0.15) is 50.9 Å². The third-order valence-corrected chi connectivity index (χ3v) is 9.84. The lowest BCUT2D eigenvalue weighted by Gasteiger charge is -2.43. The van der Waals surface area contributed by atoms with Gasteiger partial charge < -0.3 is 15.2 Å². The van der Waals surface area contributed by atoms with Crippen molar-refractivity contribution in [3.8, 4) is 0 Å². The summed E-state index contributed by atoms with van der Waals surface area (Å²) in [5.41, 5.74) is 8.01. The molecule has 0 aromatic carbocycles. The van der Waals surface area contributed by atoms with Crippen LogP contribution in [-0.2, 0) is 17.8 Å². The van der Waals surface area contributed by atoms with Crippen molar-refractivity contribution in [3.63, 3.8) is 0 Å². The van der Waals surface area contributed by atoms with E-state index in [0.717, 1.165) is 42.9 Å². The van der Waals surface area contributed by atoms with Crippen molar-refractivity contribution in [2.24, 2.45) is 5.41 Å². The van der Waals surface area contributed by atoms with Gasteiger partial charge in [-0.1, -0.05) is 29.4 Å². The second-order valence-electron chi connectivity index (χ2n) is 10.2. The summed E-state index contributed by atoms with van der Waals surface area (Å²) in [7, 11) is 0. The van der Waals surface area contributed by atoms with E-state index in [-0.39, 0.29) is 22.0 Å². The number of anilines is 2. The first-order valence-corrected chi connectivity index (χ1v) is 14.2. The molecule has 1 aliphatic heterocycles. The Hall–Kier alpha value is -2.18. The largest absolute Gasteiger partial charge is 0.598 e. The molecule has 0 amide bonds. The van der Waals surface area contributed by atoms with Gasteiger partial charge in [0.1, 0.15) is 15.6 Å². The Balaban J connectivity index is 1.29. The molecule has 1 spiro atoms. The number of nitrogens with one attached hydrogen (secondary N) is 1. The second-order valence-corrected chi connectivity index (χ2v) is 13.6. The molecule has 36 heavy (non-hydrogen) atoms. The van der Waals surface area contributed by atoms with Crippen molar-refractivity contribution < 1.29 is 4.55 Å². The molecule has 3 N–H and O–H groups in total. The number of hydrogen-bond donors (Lipinski definition) is 2. The minimum atomic E-state index is -1.18. The highest BCUT2D eigenvalue weighted by molar-refractivity contribution is 7.99. The van der Waals surface area contributed by atoms with Gasteiger partial charge in [-0.15, -0.1) is 14.9 Å². The molecule has 0 unspecified atom stereocenters. The second kappa shape index (κ2) is 9.94. The van der Waals surface area contributed by atoms with Gasteiger partial charge in [0, 0.05) is 52.8 Å². The Morgan fingerprint density at radius 1 is 1.17 bits per heavy atom. The van der Waals surface area contributed by atoms with Gasteiger partial charge in [-0.3, -0.25) is 4.98 Å². The standard InChI is InChI=1S/C24H29ClN8OS2/c1-23(2,3)36(34)32-20-15-5-4-9-27-16(15)13-24(20)7-11-33(12-8-24)22-29-14-18(30-31-22)35-17-6-10-28-21(26)19(17)25/h4-6,9-10,14,20,32H,7-8,11-13H2,1-3H3,(H2,26,28)/t20-,36-/m1/s1. The van der Waals surface area contributed by atoms with E-state index in [2.05, 4.69) is 40.8 Å². The molecule has 0 saturated carbocycles. The summed E-state index contributed by atoms with van der Waals surface area (Å²) < 4.78 is 16.2. The van der Waals surface area contributed by atoms with Crippen LogP contribution in [0, 0.1) is 5.41 Å². The molecule has 3 aromatic rings. The van der Waals surface area contributed by atoms with Crippen LogP contribution in [-0.4, -0.2) is 47.5 Å². The summed E-state index contributed by atoms with van der Waals surface area (Å²) in [5, 5.41) is 9.76. The number of rotatable bonds is 5. The molecule has 2 aliphatic rings. The predicted octanol–water partition coefficient (Wildman–Crippen LogP) is 3.98. The van der Waals surface area contributed by atoms with Crippen LogP contribution in [0.5, 0.6) is 0 Å². The number of fused-ring (bicyclic) bond motifs is 1.